The number of hydrogen-bond donors (Lipinski definition) is 2. The number of nitrogens with one attached hydrogen (secondary N) is 1. The van der Waals surface area contributed by atoms with Crippen molar-refractivity contribution >= 4 is 34.0 Å². The van der Waals surface area contributed by atoms with Crippen LogP contribution in [-0.2, 0) is 0 Å². The van der Waals surface area contributed by atoms with Crippen LogP contribution < -0.4 is 5.32 Å². The third-order valence-electron chi connectivity index (χ3n) is 3.62. The van der Waals surface area contributed by atoms with Gasteiger partial charge in [-0.1, -0.05) is 41.9 Å². The fraction of sp³-hybridized carbons (Fsp3) is 0.0556. The normalized spacial score (nSPS) is 10.6. The molecule has 4 heteroatoms. The van der Waals surface area contributed by atoms with Gasteiger partial charge in [0.05, 0.1) is 5.56 Å². The summed E-state index contributed by atoms with van der Waals surface area (Å²) in [4.78, 5) is 12.4. The standard InChI is InChI=1S/C18H14ClNO2/c1-11-15(19)7-4-8-16(11)20-18(22)14-9-12-5-2-3-6-13(12)10-17(14)21/h2-10,21H,1H3,(H,20,22). The van der Waals surface area contributed by atoms with Crippen LogP contribution in [0.15, 0.2) is 54.6 Å². The molecule has 0 aliphatic heterocycles. The molecule has 0 bridgehead atoms. The van der Waals surface area contributed by atoms with Crippen molar-refractivity contribution in [1.82, 2.24) is 0 Å². The molecule has 0 aliphatic carbocycles. The van der Waals surface area contributed by atoms with Gasteiger partial charge in [-0.25, -0.2) is 0 Å². The van der Waals surface area contributed by atoms with E-state index in [1.54, 1.807) is 30.3 Å². The first-order valence-corrected chi connectivity index (χ1v) is 7.22. The number of carbonyl (C=O) groups excluding carboxylic acids is 1. The molecular weight excluding hydrogens is 298 g/mol. The monoisotopic (exact) mass is 311 g/mol. The molecular formula is C18H14ClNO2. The first-order chi connectivity index (χ1) is 10.6. The Bertz CT molecular complexity index is 874. The minimum absolute atomic E-state index is 0.0455. The summed E-state index contributed by atoms with van der Waals surface area (Å²) in [5.74, 6) is -0.412. The van der Waals surface area contributed by atoms with Gasteiger partial charge < -0.3 is 10.4 Å². The molecule has 0 aromatic heterocycles. The zero-order valence-electron chi connectivity index (χ0n) is 11.9. The van der Waals surface area contributed by atoms with Crippen molar-refractivity contribution < 1.29 is 9.90 Å². The third-order valence-corrected chi connectivity index (χ3v) is 4.03. The number of fused-ring (bicyclic) bond motifs is 1. The topological polar surface area (TPSA) is 49.3 Å². The SMILES string of the molecule is Cc1c(Cl)cccc1NC(=O)c1cc2ccccc2cc1O. The number of anilines is 1. The van der Waals surface area contributed by atoms with Crippen molar-refractivity contribution in [1.29, 1.82) is 0 Å². The molecule has 22 heavy (non-hydrogen) atoms. The Labute approximate surface area is 133 Å². The predicted molar refractivity (Wildman–Crippen MR) is 89.8 cm³/mol. The molecule has 2 N–H and O–H groups in total. The van der Waals surface area contributed by atoms with Crippen LogP contribution in [0.4, 0.5) is 5.69 Å². The average Bonchev–Trinajstić information content (AvgIpc) is 2.51. The summed E-state index contributed by atoms with van der Waals surface area (Å²) >= 11 is 6.05. The summed E-state index contributed by atoms with van der Waals surface area (Å²) < 4.78 is 0. The maximum Gasteiger partial charge on any atom is 0.259 e. The highest BCUT2D eigenvalue weighted by molar-refractivity contribution is 6.31. The number of aromatic hydroxyl groups is 1. The van der Waals surface area contributed by atoms with E-state index >= 15 is 0 Å². The largest absolute Gasteiger partial charge is 0.507 e. The maximum absolute atomic E-state index is 12.4. The van der Waals surface area contributed by atoms with Crippen molar-refractivity contribution in [2.45, 2.75) is 6.92 Å². The van der Waals surface area contributed by atoms with Crippen molar-refractivity contribution in [2.75, 3.05) is 5.32 Å². The molecule has 0 radical (unpaired) electrons. The van der Waals surface area contributed by atoms with E-state index in [1.165, 1.54) is 0 Å². The van der Waals surface area contributed by atoms with Gasteiger partial charge >= 0.3 is 0 Å². The molecule has 1 amide bonds. The van der Waals surface area contributed by atoms with E-state index in [0.717, 1.165) is 16.3 Å². The van der Waals surface area contributed by atoms with Gasteiger partial charge in [0.15, 0.2) is 0 Å². The molecule has 3 aromatic rings. The van der Waals surface area contributed by atoms with E-state index in [0.29, 0.717) is 10.7 Å². The Kier molecular flexibility index (Phi) is 3.73. The van der Waals surface area contributed by atoms with Gasteiger partial charge in [-0.05, 0) is 47.5 Å². The first-order valence-electron chi connectivity index (χ1n) is 6.84. The van der Waals surface area contributed by atoms with Gasteiger partial charge in [0, 0.05) is 10.7 Å². The summed E-state index contributed by atoms with van der Waals surface area (Å²) in [7, 11) is 0. The number of benzene rings is 3. The highest BCUT2D eigenvalue weighted by Gasteiger charge is 2.14. The number of hydrogen-bond acceptors (Lipinski definition) is 2. The molecule has 0 unspecified atom stereocenters. The molecule has 0 aliphatic rings. The maximum atomic E-state index is 12.4. The molecule has 0 saturated heterocycles. The minimum Gasteiger partial charge on any atom is -0.507 e. The van der Waals surface area contributed by atoms with Crippen molar-refractivity contribution in [3.63, 3.8) is 0 Å². The highest BCUT2D eigenvalue weighted by atomic mass is 35.5. The van der Waals surface area contributed by atoms with Gasteiger partial charge in [0.1, 0.15) is 5.75 Å². The van der Waals surface area contributed by atoms with Crippen LogP contribution in [0.25, 0.3) is 10.8 Å². The molecule has 3 rings (SSSR count). The Hall–Kier alpha value is -2.52. The van der Waals surface area contributed by atoms with Crippen LogP contribution >= 0.6 is 11.6 Å². The lowest BCUT2D eigenvalue weighted by molar-refractivity contribution is 0.102. The molecule has 3 nitrogen and oxygen atoms in total. The van der Waals surface area contributed by atoms with Gasteiger partial charge in [0.2, 0.25) is 0 Å². The van der Waals surface area contributed by atoms with Crippen LogP contribution in [0, 0.1) is 6.92 Å². The number of phenolic OH excluding ortho intramolecular Hbond substituents is 1. The first kappa shape index (κ1) is 14.4. The van der Waals surface area contributed by atoms with Crippen LogP contribution in [-0.4, -0.2) is 11.0 Å². The number of rotatable bonds is 2. The summed E-state index contributed by atoms with van der Waals surface area (Å²) in [5.41, 5.74) is 1.65. The Morgan fingerprint density at radius 2 is 1.73 bits per heavy atom. The third kappa shape index (κ3) is 2.63. The van der Waals surface area contributed by atoms with E-state index in [-0.39, 0.29) is 17.2 Å². The molecule has 0 spiro atoms. The van der Waals surface area contributed by atoms with Crippen molar-refractivity contribution in [3.8, 4) is 5.75 Å². The second kappa shape index (κ2) is 5.70. The summed E-state index contributed by atoms with van der Waals surface area (Å²) in [6.07, 6.45) is 0. The lowest BCUT2D eigenvalue weighted by Gasteiger charge is -2.11. The van der Waals surface area contributed by atoms with Crippen LogP contribution in [0.5, 0.6) is 5.75 Å². The van der Waals surface area contributed by atoms with Gasteiger partial charge in [-0.15, -0.1) is 0 Å². The average molecular weight is 312 g/mol. The molecule has 0 fully saturated rings. The quantitative estimate of drug-likeness (QED) is 0.717. The molecule has 0 heterocycles. The van der Waals surface area contributed by atoms with Gasteiger partial charge in [0.25, 0.3) is 5.91 Å². The fourth-order valence-corrected chi connectivity index (χ4v) is 2.52. The zero-order chi connectivity index (χ0) is 15.7. The van der Waals surface area contributed by atoms with E-state index in [1.807, 2.05) is 31.2 Å². The van der Waals surface area contributed by atoms with Crippen LogP contribution in [0.3, 0.4) is 0 Å². The molecule has 110 valence electrons. The summed E-state index contributed by atoms with van der Waals surface area (Å²) in [6, 6.07) is 16.1. The molecule has 3 aromatic carbocycles. The van der Waals surface area contributed by atoms with E-state index in [9.17, 15) is 9.90 Å². The van der Waals surface area contributed by atoms with Crippen LogP contribution in [0.2, 0.25) is 5.02 Å². The highest BCUT2D eigenvalue weighted by Crippen LogP contribution is 2.27. The van der Waals surface area contributed by atoms with E-state index < -0.39 is 0 Å². The van der Waals surface area contributed by atoms with E-state index in [2.05, 4.69) is 5.32 Å². The Morgan fingerprint density at radius 3 is 2.45 bits per heavy atom. The Morgan fingerprint density at radius 1 is 1.05 bits per heavy atom. The van der Waals surface area contributed by atoms with Gasteiger partial charge in [-0.2, -0.15) is 0 Å². The number of carbonyl (C=O) groups is 1. The molecule has 0 atom stereocenters. The van der Waals surface area contributed by atoms with Crippen molar-refractivity contribution in [2.24, 2.45) is 0 Å². The summed E-state index contributed by atoms with van der Waals surface area (Å²) in [6.45, 7) is 1.83. The Balaban J connectivity index is 1.98. The minimum atomic E-state index is -0.367. The fourth-order valence-electron chi connectivity index (χ4n) is 2.34. The zero-order valence-corrected chi connectivity index (χ0v) is 12.7. The lowest BCUT2D eigenvalue weighted by atomic mass is 10.1. The number of amides is 1. The number of phenols is 1. The predicted octanol–water partition coefficient (Wildman–Crippen LogP) is 4.76. The second-order valence-electron chi connectivity index (χ2n) is 5.08. The second-order valence-corrected chi connectivity index (χ2v) is 5.49. The molecule has 0 saturated carbocycles. The van der Waals surface area contributed by atoms with E-state index in [4.69, 9.17) is 11.6 Å². The van der Waals surface area contributed by atoms with Crippen LogP contribution in [0.1, 0.15) is 15.9 Å². The number of halogens is 1. The lowest BCUT2D eigenvalue weighted by Crippen LogP contribution is -2.13. The smallest absolute Gasteiger partial charge is 0.259 e. The summed E-state index contributed by atoms with van der Waals surface area (Å²) in [5, 5.41) is 15.2. The van der Waals surface area contributed by atoms with Crippen molar-refractivity contribution in [3.05, 3.63) is 70.7 Å². The van der Waals surface area contributed by atoms with Gasteiger partial charge in [-0.3, -0.25) is 4.79 Å².